The molecule has 5 nitrogen and oxygen atoms in total. The molecule has 1 atom stereocenters. The lowest BCUT2D eigenvalue weighted by Gasteiger charge is -2.34. The van der Waals surface area contributed by atoms with Crippen molar-refractivity contribution in [2.24, 2.45) is 0 Å². The lowest BCUT2D eigenvalue weighted by Crippen LogP contribution is -2.52. The lowest BCUT2D eigenvalue weighted by molar-refractivity contribution is -0.128. The maximum absolute atomic E-state index is 13.1. The van der Waals surface area contributed by atoms with Crippen molar-refractivity contribution in [2.75, 3.05) is 13.1 Å². The number of hydrogen-bond donors (Lipinski definition) is 1. The summed E-state index contributed by atoms with van der Waals surface area (Å²) >= 11 is 6.43. The van der Waals surface area contributed by atoms with Crippen LogP contribution in [0.5, 0.6) is 0 Å². The molecule has 1 fully saturated rings. The number of rotatable bonds is 3. The summed E-state index contributed by atoms with van der Waals surface area (Å²) < 4.78 is 0.926. The van der Waals surface area contributed by atoms with E-state index in [1.54, 1.807) is 21.6 Å². The first-order chi connectivity index (χ1) is 12.6. The molecule has 132 valence electrons. The number of nitrogens with zero attached hydrogens (tertiary/aromatic N) is 2. The van der Waals surface area contributed by atoms with Crippen LogP contribution in [-0.4, -0.2) is 34.8 Å². The molecule has 3 heterocycles. The highest BCUT2D eigenvalue weighted by Gasteiger charge is 2.35. The predicted octanol–water partition coefficient (Wildman–Crippen LogP) is 3.95. The van der Waals surface area contributed by atoms with Gasteiger partial charge in [-0.25, -0.2) is 4.98 Å². The highest BCUT2D eigenvalue weighted by molar-refractivity contribution is 9.10. The van der Waals surface area contributed by atoms with Gasteiger partial charge >= 0.3 is 0 Å². The molecule has 0 unspecified atom stereocenters. The van der Waals surface area contributed by atoms with E-state index in [1.165, 1.54) is 11.3 Å². The van der Waals surface area contributed by atoms with Gasteiger partial charge in [-0.3, -0.25) is 9.59 Å². The third kappa shape index (κ3) is 3.32. The molecule has 1 aliphatic heterocycles. The maximum Gasteiger partial charge on any atom is 0.274 e. The molecule has 2 amide bonds. The van der Waals surface area contributed by atoms with Gasteiger partial charge in [0.15, 0.2) is 0 Å². The molecule has 1 aromatic carbocycles. The molecule has 1 N–H and O–H groups in total. The van der Waals surface area contributed by atoms with E-state index < -0.39 is 6.04 Å². The van der Waals surface area contributed by atoms with E-state index in [0.717, 1.165) is 20.6 Å². The first-order valence-electron chi connectivity index (χ1n) is 7.96. The molecule has 1 saturated heterocycles. The number of thiazole rings is 1. The number of benzene rings is 1. The van der Waals surface area contributed by atoms with Crippen LogP contribution in [0.1, 0.15) is 22.1 Å². The van der Waals surface area contributed by atoms with E-state index in [0.29, 0.717) is 18.8 Å². The van der Waals surface area contributed by atoms with Gasteiger partial charge in [-0.15, -0.1) is 11.3 Å². The number of amides is 2. The van der Waals surface area contributed by atoms with Crippen molar-refractivity contribution in [3.05, 3.63) is 62.2 Å². The minimum absolute atomic E-state index is 0.166. The number of nitrogens with one attached hydrogen (secondary N) is 1. The Kier molecular flexibility index (Phi) is 4.88. The average Bonchev–Trinajstić information content (AvgIpc) is 3.33. The van der Waals surface area contributed by atoms with Gasteiger partial charge in [0, 0.05) is 33.9 Å². The molecule has 0 saturated carbocycles. The molecule has 26 heavy (non-hydrogen) atoms. The second-order valence-corrected chi connectivity index (χ2v) is 8.35. The normalized spacial score (nSPS) is 17.2. The van der Waals surface area contributed by atoms with Crippen LogP contribution in [0.2, 0.25) is 0 Å². The third-order valence-electron chi connectivity index (χ3n) is 4.15. The largest absolute Gasteiger partial charge is 0.352 e. The highest BCUT2D eigenvalue weighted by atomic mass is 79.9. The summed E-state index contributed by atoms with van der Waals surface area (Å²) in [6.07, 6.45) is 0. The van der Waals surface area contributed by atoms with E-state index in [9.17, 15) is 9.59 Å². The quantitative estimate of drug-likeness (QED) is 0.660. The predicted molar refractivity (Wildman–Crippen MR) is 106 cm³/mol. The summed E-state index contributed by atoms with van der Waals surface area (Å²) in [5.41, 5.74) is 2.18. The van der Waals surface area contributed by atoms with Gasteiger partial charge in [0.1, 0.15) is 16.7 Å². The molecule has 3 aromatic rings. The van der Waals surface area contributed by atoms with E-state index >= 15 is 0 Å². The summed E-state index contributed by atoms with van der Waals surface area (Å²) in [4.78, 5) is 31.6. The van der Waals surface area contributed by atoms with Crippen LogP contribution in [-0.2, 0) is 4.79 Å². The second kappa shape index (κ2) is 7.30. The number of piperazine rings is 1. The monoisotopic (exact) mass is 447 g/mol. The van der Waals surface area contributed by atoms with Crippen molar-refractivity contribution < 1.29 is 9.59 Å². The summed E-state index contributed by atoms with van der Waals surface area (Å²) in [7, 11) is 0. The molecule has 0 spiro atoms. The SMILES string of the molecule is O=C1NCCN(C(=O)c2csc(-c3ccsc3)n2)[C@H]1c1ccc(Br)cc1. The number of carbonyl (C=O) groups excluding carboxylic acids is 2. The van der Waals surface area contributed by atoms with Crippen LogP contribution in [0, 0.1) is 0 Å². The Morgan fingerprint density at radius 3 is 2.77 bits per heavy atom. The molecule has 0 bridgehead atoms. The number of halogens is 1. The zero-order valence-electron chi connectivity index (χ0n) is 13.5. The van der Waals surface area contributed by atoms with Gasteiger partial charge in [0.25, 0.3) is 5.91 Å². The average molecular weight is 448 g/mol. The molecule has 8 heteroatoms. The topological polar surface area (TPSA) is 62.3 Å². The lowest BCUT2D eigenvalue weighted by atomic mass is 10.0. The van der Waals surface area contributed by atoms with Crippen LogP contribution >= 0.6 is 38.6 Å². The Hall–Kier alpha value is -2.03. The maximum atomic E-state index is 13.1. The van der Waals surface area contributed by atoms with Crippen LogP contribution in [0.4, 0.5) is 0 Å². The summed E-state index contributed by atoms with van der Waals surface area (Å²) in [5.74, 6) is -0.384. The second-order valence-electron chi connectivity index (χ2n) is 5.79. The van der Waals surface area contributed by atoms with Crippen LogP contribution in [0.15, 0.2) is 50.9 Å². The van der Waals surface area contributed by atoms with E-state index in [-0.39, 0.29) is 11.8 Å². The fourth-order valence-corrected chi connectivity index (χ4v) is 4.67. The van der Waals surface area contributed by atoms with Crippen molar-refractivity contribution in [1.82, 2.24) is 15.2 Å². The van der Waals surface area contributed by atoms with Gasteiger partial charge in [-0.2, -0.15) is 11.3 Å². The fourth-order valence-electron chi connectivity index (χ4n) is 2.90. The van der Waals surface area contributed by atoms with Gasteiger partial charge in [0.05, 0.1) is 0 Å². The summed E-state index contributed by atoms with van der Waals surface area (Å²) in [6, 6.07) is 8.80. The van der Waals surface area contributed by atoms with Crippen LogP contribution in [0.3, 0.4) is 0 Å². The van der Waals surface area contributed by atoms with E-state index in [1.807, 2.05) is 41.1 Å². The summed E-state index contributed by atoms with van der Waals surface area (Å²) in [6.45, 7) is 0.899. The number of carbonyl (C=O) groups is 2. The van der Waals surface area contributed by atoms with Gasteiger partial charge in [-0.05, 0) is 29.1 Å². The Morgan fingerprint density at radius 2 is 2.04 bits per heavy atom. The third-order valence-corrected chi connectivity index (χ3v) is 6.25. The Morgan fingerprint density at radius 1 is 1.23 bits per heavy atom. The van der Waals surface area contributed by atoms with Crippen LogP contribution < -0.4 is 5.32 Å². The van der Waals surface area contributed by atoms with Gasteiger partial charge in [0.2, 0.25) is 5.91 Å². The zero-order valence-corrected chi connectivity index (χ0v) is 16.7. The Bertz CT molecular complexity index is 938. The Labute approximate surface area is 166 Å². The van der Waals surface area contributed by atoms with E-state index in [4.69, 9.17) is 0 Å². The minimum atomic E-state index is -0.643. The van der Waals surface area contributed by atoms with Crippen molar-refractivity contribution in [3.63, 3.8) is 0 Å². The number of aromatic nitrogens is 1. The number of hydrogen-bond acceptors (Lipinski definition) is 5. The first-order valence-corrected chi connectivity index (χ1v) is 10.6. The molecule has 1 aliphatic rings. The van der Waals surface area contributed by atoms with Crippen molar-refractivity contribution >= 4 is 50.4 Å². The van der Waals surface area contributed by atoms with Gasteiger partial charge < -0.3 is 10.2 Å². The highest BCUT2D eigenvalue weighted by Crippen LogP contribution is 2.29. The van der Waals surface area contributed by atoms with Gasteiger partial charge in [-0.1, -0.05) is 28.1 Å². The molecule has 4 rings (SSSR count). The first kappa shape index (κ1) is 17.4. The Balaban J connectivity index is 1.64. The molecule has 2 aromatic heterocycles. The minimum Gasteiger partial charge on any atom is -0.352 e. The number of thiophene rings is 1. The standard InChI is InChI=1S/C18H14BrN3O2S2/c19-13-3-1-11(2-4-13)15-16(23)20-6-7-22(15)18(24)14-10-26-17(21-14)12-5-8-25-9-12/h1-5,8-10,15H,6-7H2,(H,20,23)/t15-/m0/s1. The van der Waals surface area contributed by atoms with E-state index in [2.05, 4.69) is 26.2 Å². The zero-order chi connectivity index (χ0) is 18.1. The molecule has 0 radical (unpaired) electrons. The molecular formula is C18H14BrN3O2S2. The fraction of sp³-hybridized carbons (Fsp3) is 0.167. The smallest absolute Gasteiger partial charge is 0.274 e. The molecular weight excluding hydrogens is 434 g/mol. The van der Waals surface area contributed by atoms with Crippen LogP contribution in [0.25, 0.3) is 10.6 Å². The molecule has 0 aliphatic carbocycles. The van der Waals surface area contributed by atoms with Crippen molar-refractivity contribution in [3.8, 4) is 10.6 Å². The van der Waals surface area contributed by atoms with Crippen molar-refractivity contribution in [1.29, 1.82) is 0 Å². The summed E-state index contributed by atoms with van der Waals surface area (Å²) in [5, 5.41) is 9.42. The van der Waals surface area contributed by atoms with Crippen molar-refractivity contribution in [2.45, 2.75) is 6.04 Å².